The summed E-state index contributed by atoms with van der Waals surface area (Å²) in [6, 6.07) is 16.2. The molecule has 29 heavy (non-hydrogen) atoms. The van der Waals surface area contributed by atoms with Crippen LogP contribution in [0.15, 0.2) is 70.1 Å². The van der Waals surface area contributed by atoms with E-state index in [1.54, 1.807) is 30.3 Å². The predicted molar refractivity (Wildman–Crippen MR) is 112 cm³/mol. The van der Waals surface area contributed by atoms with Crippen molar-refractivity contribution in [3.8, 4) is 0 Å². The summed E-state index contributed by atoms with van der Waals surface area (Å²) in [5, 5.41) is 6.51. The Morgan fingerprint density at radius 3 is 2.21 bits per heavy atom. The Morgan fingerprint density at radius 2 is 1.66 bits per heavy atom. The number of benzene rings is 2. The van der Waals surface area contributed by atoms with Gasteiger partial charge in [0.1, 0.15) is 5.76 Å². The van der Waals surface area contributed by atoms with Crippen LogP contribution in [-0.2, 0) is 15.4 Å². The minimum Gasteiger partial charge on any atom is -0.359 e. The molecule has 2 aromatic carbocycles. The van der Waals surface area contributed by atoms with Gasteiger partial charge >= 0.3 is 0 Å². The van der Waals surface area contributed by atoms with Crippen LogP contribution in [0.3, 0.4) is 0 Å². The summed E-state index contributed by atoms with van der Waals surface area (Å²) in [5.41, 5.74) is 0.637. The molecule has 0 unspecified atom stereocenters. The molecule has 0 aliphatic carbocycles. The Morgan fingerprint density at radius 1 is 1.03 bits per heavy atom. The standard InChI is InChI=1S/C21H23N3O4S/c1-21(2,3)18-14-19(23-28-18)22-20(25)15-10-12-17(13-11-15)29(26,27)24(4)16-8-6-5-7-9-16/h5-14H,1-4H3,(H,22,23,25). The molecule has 8 heteroatoms. The molecule has 0 saturated heterocycles. The zero-order valence-corrected chi connectivity index (χ0v) is 17.5. The molecule has 1 amide bonds. The smallest absolute Gasteiger partial charge is 0.264 e. The van der Waals surface area contributed by atoms with Gasteiger partial charge in [-0.3, -0.25) is 9.10 Å². The van der Waals surface area contributed by atoms with Gasteiger partial charge in [0.05, 0.1) is 10.6 Å². The van der Waals surface area contributed by atoms with Crippen LogP contribution in [0.1, 0.15) is 36.9 Å². The Labute approximate surface area is 170 Å². The van der Waals surface area contributed by atoms with Crippen LogP contribution in [0.2, 0.25) is 0 Å². The van der Waals surface area contributed by atoms with E-state index in [2.05, 4.69) is 10.5 Å². The van der Waals surface area contributed by atoms with E-state index in [9.17, 15) is 13.2 Å². The minimum atomic E-state index is -3.73. The molecule has 0 bridgehead atoms. The molecular weight excluding hydrogens is 390 g/mol. The molecular formula is C21H23N3O4S. The van der Waals surface area contributed by atoms with Crippen LogP contribution in [0.5, 0.6) is 0 Å². The van der Waals surface area contributed by atoms with Gasteiger partial charge in [-0.05, 0) is 36.4 Å². The van der Waals surface area contributed by atoms with Crippen molar-refractivity contribution in [2.24, 2.45) is 0 Å². The number of para-hydroxylation sites is 1. The second-order valence-corrected chi connectivity index (χ2v) is 9.58. The number of carbonyl (C=O) groups is 1. The average Bonchev–Trinajstić information content (AvgIpc) is 3.17. The van der Waals surface area contributed by atoms with Gasteiger partial charge in [0.25, 0.3) is 15.9 Å². The third-order valence-electron chi connectivity index (χ3n) is 4.39. The van der Waals surface area contributed by atoms with Crippen LogP contribution in [-0.4, -0.2) is 26.5 Å². The summed E-state index contributed by atoms with van der Waals surface area (Å²) >= 11 is 0. The van der Waals surface area contributed by atoms with Gasteiger partial charge in [-0.2, -0.15) is 0 Å². The van der Waals surface area contributed by atoms with Crippen LogP contribution < -0.4 is 9.62 Å². The fraction of sp³-hybridized carbons (Fsp3) is 0.238. The molecule has 1 heterocycles. The number of nitrogens with one attached hydrogen (secondary N) is 1. The van der Waals surface area contributed by atoms with Crippen molar-refractivity contribution < 1.29 is 17.7 Å². The largest absolute Gasteiger partial charge is 0.359 e. The van der Waals surface area contributed by atoms with Crippen LogP contribution in [0.4, 0.5) is 11.5 Å². The number of hydrogen-bond donors (Lipinski definition) is 1. The summed E-state index contributed by atoms with van der Waals surface area (Å²) in [5.74, 6) is 0.553. The van der Waals surface area contributed by atoms with E-state index in [4.69, 9.17) is 4.52 Å². The van der Waals surface area contributed by atoms with E-state index >= 15 is 0 Å². The van der Waals surface area contributed by atoms with E-state index in [-0.39, 0.29) is 10.3 Å². The summed E-state index contributed by atoms with van der Waals surface area (Å²) in [4.78, 5) is 12.5. The lowest BCUT2D eigenvalue weighted by molar-refractivity contribution is 0.102. The highest BCUT2D eigenvalue weighted by Crippen LogP contribution is 2.25. The van der Waals surface area contributed by atoms with E-state index in [1.165, 1.54) is 35.6 Å². The fourth-order valence-corrected chi connectivity index (χ4v) is 3.78. The first-order valence-corrected chi connectivity index (χ1v) is 10.5. The Balaban J connectivity index is 1.75. The fourth-order valence-electron chi connectivity index (χ4n) is 2.59. The number of hydrogen-bond acceptors (Lipinski definition) is 5. The lowest BCUT2D eigenvalue weighted by Gasteiger charge is -2.19. The normalized spacial score (nSPS) is 11.9. The van der Waals surface area contributed by atoms with Crippen molar-refractivity contribution in [3.05, 3.63) is 72.0 Å². The Kier molecular flexibility index (Phi) is 5.48. The first-order valence-electron chi connectivity index (χ1n) is 9.01. The molecule has 1 N–H and O–H groups in total. The lowest BCUT2D eigenvalue weighted by atomic mass is 9.93. The third-order valence-corrected chi connectivity index (χ3v) is 6.19. The van der Waals surface area contributed by atoms with Crippen LogP contribution in [0, 0.1) is 0 Å². The molecule has 0 radical (unpaired) electrons. The Hall–Kier alpha value is -3.13. The predicted octanol–water partition coefficient (Wildman–Crippen LogP) is 4.05. The van der Waals surface area contributed by atoms with E-state index < -0.39 is 15.9 Å². The van der Waals surface area contributed by atoms with Crippen LogP contribution >= 0.6 is 0 Å². The maximum absolute atomic E-state index is 12.8. The Bertz CT molecular complexity index is 1100. The summed E-state index contributed by atoms with van der Waals surface area (Å²) in [7, 11) is -2.24. The monoisotopic (exact) mass is 413 g/mol. The van der Waals surface area contributed by atoms with Gasteiger partial charge in [-0.15, -0.1) is 0 Å². The van der Waals surface area contributed by atoms with Crippen molar-refractivity contribution in [2.45, 2.75) is 31.1 Å². The maximum atomic E-state index is 12.8. The number of aromatic nitrogens is 1. The first kappa shape index (κ1) is 20.6. The highest BCUT2D eigenvalue weighted by atomic mass is 32.2. The molecule has 7 nitrogen and oxygen atoms in total. The summed E-state index contributed by atoms with van der Waals surface area (Å²) in [6.07, 6.45) is 0. The molecule has 0 spiro atoms. The van der Waals surface area contributed by atoms with Gasteiger partial charge in [0.15, 0.2) is 5.82 Å². The highest BCUT2D eigenvalue weighted by molar-refractivity contribution is 7.92. The molecule has 3 rings (SSSR count). The number of amides is 1. The SMILES string of the molecule is CN(c1ccccc1)S(=O)(=O)c1ccc(C(=O)Nc2cc(C(C)(C)C)on2)cc1. The molecule has 1 aromatic heterocycles. The molecule has 0 aliphatic heterocycles. The molecule has 3 aromatic rings. The zero-order valence-electron chi connectivity index (χ0n) is 16.7. The van der Waals surface area contributed by atoms with Crippen molar-refractivity contribution in [1.29, 1.82) is 0 Å². The number of nitrogens with zero attached hydrogens (tertiary/aromatic N) is 2. The minimum absolute atomic E-state index is 0.0943. The molecule has 0 saturated carbocycles. The van der Waals surface area contributed by atoms with Gasteiger partial charge < -0.3 is 9.84 Å². The topological polar surface area (TPSA) is 92.5 Å². The lowest BCUT2D eigenvalue weighted by Crippen LogP contribution is -2.26. The second-order valence-electron chi connectivity index (χ2n) is 7.61. The highest BCUT2D eigenvalue weighted by Gasteiger charge is 2.23. The van der Waals surface area contributed by atoms with E-state index in [0.717, 1.165) is 0 Å². The average molecular weight is 413 g/mol. The van der Waals surface area contributed by atoms with E-state index in [1.807, 2.05) is 26.8 Å². The van der Waals surface area contributed by atoms with Gasteiger partial charge in [0.2, 0.25) is 0 Å². The number of sulfonamides is 1. The maximum Gasteiger partial charge on any atom is 0.264 e. The zero-order chi connectivity index (χ0) is 21.2. The molecule has 0 fully saturated rings. The van der Waals surface area contributed by atoms with Crippen molar-refractivity contribution in [3.63, 3.8) is 0 Å². The van der Waals surface area contributed by atoms with Crippen LogP contribution in [0.25, 0.3) is 0 Å². The number of carbonyl (C=O) groups excluding carboxylic acids is 1. The summed E-state index contributed by atoms with van der Waals surface area (Å²) < 4.78 is 32.1. The first-order chi connectivity index (χ1) is 13.6. The van der Waals surface area contributed by atoms with Gasteiger partial charge in [-0.25, -0.2) is 8.42 Å². The molecule has 0 aliphatic rings. The van der Waals surface area contributed by atoms with Gasteiger partial charge in [0, 0.05) is 24.1 Å². The quantitative estimate of drug-likeness (QED) is 0.681. The third kappa shape index (κ3) is 4.48. The van der Waals surface area contributed by atoms with E-state index in [0.29, 0.717) is 22.8 Å². The van der Waals surface area contributed by atoms with Crippen molar-refractivity contribution in [2.75, 3.05) is 16.7 Å². The van der Waals surface area contributed by atoms with Gasteiger partial charge in [-0.1, -0.05) is 44.1 Å². The summed E-state index contributed by atoms with van der Waals surface area (Å²) in [6.45, 7) is 5.93. The number of anilines is 2. The van der Waals surface area contributed by atoms with Crippen molar-refractivity contribution >= 4 is 27.4 Å². The van der Waals surface area contributed by atoms with Crippen molar-refractivity contribution in [1.82, 2.24) is 5.16 Å². The molecule has 152 valence electrons. The second kappa shape index (κ2) is 7.71. The number of rotatable bonds is 5. The molecule has 0 atom stereocenters.